The van der Waals surface area contributed by atoms with E-state index in [1.54, 1.807) is 0 Å². The van der Waals surface area contributed by atoms with E-state index in [2.05, 4.69) is 29.3 Å². The number of anilines is 1. The Hall–Kier alpha value is -1.55. The van der Waals surface area contributed by atoms with Crippen molar-refractivity contribution in [3.05, 3.63) is 30.2 Å². The summed E-state index contributed by atoms with van der Waals surface area (Å²) in [6.45, 7) is 6.81. The molecule has 1 saturated heterocycles. The molecule has 0 radical (unpaired) electrons. The number of nitrogens with two attached hydrogens (primary N) is 1. The highest BCUT2D eigenvalue weighted by atomic mass is 15.2. The second-order valence-electron chi connectivity index (χ2n) is 5.47. The van der Waals surface area contributed by atoms with Crippen LogP contribution in [0.15, 0.2) is 24.5 Å². The minimum atomic E-state index is 0.563. The lowest BCUT2D eigenvalue weighted by atomic mass is 10.1. The number of nitrogens with zero attached hydrogens (tertiary/aromatic N) is 3. The molecule has 1 aliphatic rings. The molecule has 2 N–H and O–H groups in total. The van der Waals surface area contributed by atoms with Gasteiger partial charge in [0.1, 0.15) is 5.65 Å². The van der Waals surface area contributed by atoms with Crippen LogP contribution >= 0.6 is 0 Å². The number of rotatable bonds is 2. The zero-order valence-corrected chi connectivity index (χ0v) is 11.0. The first-order valence-corrected chi connectivity index (χ1v) is 6.61. The zero-order chi connectivity index (χ0) is 12.7. The molecule has 1 fully saturated rings. The Bertz CT molecular complexity index is 558. The van der Waals surface area contributed by atoms with E-state index in [1.165, 1.54) is 18.7 Å². The Labute approximate surface area is 107 Å². The van der Waals surface area contributed by atoms with Crippen molar-refractivity contribution in [3.63, 3.8) is 0 Å². The summed E-state index contributed by atoms with van der Waals surface area (Å²) in [4.78, 5) is 7.22. The highest BCUT2D eigenvalue weighted by Gasteiger charge is 2.27. The van der Waals surface area contributed by atoms with Gasteiger partial charge in [0.25, 0.3) is 0 Å². The molecule has 0 amide bonds. The predicted octanol–water partition coefficient (Wildman–Crippen LogP) is 2.11. The molecule has 3 rings (SSSR count). The van der Waals surface area contributed by atoms with E-state index >= 15 is 0 Å². The van der Waals surface area contributed by atoms with Crippen LogP contribution in [0.5, 0.6) is 0 Å². The first-order chi connectivity index (χ1) is 8.63. The lowest BCUT2D eigenvalue weighted by Gasteiger charge is -2.19. The number of imidazole rings is 1. The van der Waals surface area contributed by atoms with E-state index in [4.69, 9.17) is 10.7 Å². The summed E-state index contributed by atoms with van der Waals surface area (Å²) >= 11 is 0. The van der Waals surface area contributed by atoms with Gasteiger partial charge in [-0.3, -0.25) is 0 Å². The molecule has 1 unspecified atom stereocenters. The minimum absolute atomic E-state index is 0.563. The van der Waals surface area contributed by atoms with Crippen LogP contribution in [0.3, 0.4) is 0 Å². The topological polar surface area (TPSA) is 46.6 Å². The molecule has 4 nitrogen and oxygen atoms in total. The van der Waals surface area contributed by atoms with Crippen molar-refractivity contribution in [2.45, 2.75) is 32.2 Å². The van der Waals surface area contributed by atoms with Gasteiger partial charge in [0.15, 0.2) is 0 Å². The molecule has 18 heavy (non-hydrogen) atoms. The molecule has 1 aliphatic heterocycles. The van der Waals surface area contributed by atoms with Crippen molar-refractivity contribution in [2.24, 2.45) is 0 Å². The minimum Gasteiger partial charge on any atom is -0.399 e. The van der Waals surface area contributed by atoms with Crippen molar-refractivity contribution < 1.29 is 0 Å². The van der Waals surface area contributed by atoms with Crippen LogP contribution in [0.1, 0.15) is 31.9 Å². The largest absolute Gasteiger partial charge is 0.399 e. The molecule has 0 spiro atoms. The third kappa shape index (κ3) is 1.97. The molecule has 2 aromatic heterocycles. The SMILES string of the molecule is CC(C)N1CCC(c2cn3ccc(N)cc3n2)C1. The van der Waals surface area contributed by atoms with Crippen LogP contribution in [0.4, 0.5) is 5.69 Å². The number of nitrogen functional groups attached to an aromatic ring is 1. The van der Waals surface area contributed by atoms with Crippen molar-refractivity contribution in [1.82, 2.24) is 14.3 Å². The van der Waals surface area contributed by atoms with Crippen LogP contribution in [0, 0.1) is 0 Å². The van der Waals surface area contributed by atoms with Crippen LogP contribution in [-0.2, 0) is 0 Å². The van der Waals surface area contributed by atoms with Crippen molar-refractivity contribution in [1.29, 1.82) is 0 Å². The molecular formula is C14H20N4. The molecule has 1 atom stereocenters. The third-order valence-electron chi connectivity index (χ3n) is 3.87. The highest BCUT2D eigenvalue weighted by Crippen LogP contribution is 2.28. The summed E-state index contributed by atoms with van der Waals surface area (Å²) in [7, 11) is 0. The van der Waals surface area contributed by atoms with Gasteiger partial charge in [0.2, 0.25) is 0 Å². The maximum absolute atomic E-state index is 5.79. The van der Waals surface area contributed by atoms with Gasteiger partial charge in [-0.2, -0.15) is 0 Å². The lowest BCUT2D eigenvalue weighted by molar-refractivity contribution is 0.272. The summed E-state index contributed by atoms with van der Waals surface area (Å²) in [6, 6.07) is 4.47. The summed E-state index contributed by atoms with van der Waals surface area (Å²) in [6.07, 6.45) is 5.33. The van der Waals surface area contributed by atoms with Gasteiger partial charge in [-0.15, -0.1) is 0 Å². The van der Waals surface area contributed by atoms with Crippen LogP contribution in [0.2, 0.25) is 0 Å². The standard InChI is InChI=1S/C14H20N4/c1-10(2)17-5-3-11(8-17)13-9-18-6-4-12(15)7-14(18)16-13/h4,6-7,9-11H,3,5,8,15H2,1-2H3. The van der Waals surface area contributed by atoms with Gasteiger partial charge >= 0.3 is 0 Å². The van der Waals surface area contributed by atoms with E-state index < -0.39 is 0 Å². The van der Waals surface area contributed by atoms with Gasteiger partial charge in [-0.05, 0) is 32.9 Å². The summed E-state index contributed by atoms with van der Waals surface area (Å²) in [5.74, 6) is 0.563. The van der Waals surface area contributed by atoms with Gasteiger partial charge in [0, 0.05) is 42.7 Å². The van der Waals surface area contributed by atoms with E-state index in [0.717, 1.165) is 17.9 Å². The van der Waals surface area contributed by atoms with E-state index in [9.17, 15) is 0 Å². The smallest absolute Gasteiger partial charge is 0.139 e. The molecule has 0 bridgehead atoms. The number of hydrogen-bond donors (Lipinski definition) is 1. The fraction of sp³-hybridized carbons (Fsp3) is 0.500. The van der Waals surface area contributed by atoms with Crippen LogP contribution < -0.4 is 5.73 Å². The Kier molecular flexibility index (Phi) is 2.74. The Balaban J connectivity index is 1.87. The molecule has 0 aliphatic carbocycles. The maximum Gasteiger partial charge on any atom is 0.139 e. The van der Waals surface area contributed by atoms with E-state index in [-0.39, 0.29) is 0 Å². The van der Waals surface area contributed by atoms with Gasteiger partial charge < -0.3 is 15.0 Å². The summed E-state index contributed by atoms with van der Waals surface area (Å²) in [5.41, 5.74) is 8.71. The maximum atomic E-state index is 5.79. The first-order valence-electron chi connectivity index (χ1n) is 6.61. The number of fused-ring (bicyclic) bond motifs is 1. The highest BCUT2D eigenvalue weighted by molar-refractivity contribution is 5.52. The van der Waals surface area contributed by atoms with E-state index in [1.807, 2.05) is 18.3 Å². The van der Waals surface area contributed by atoms with Crippen LogP contribution in [-0.4, -0.2) is 33.4 Å². The molecule has 0 aromatic carbocycles. The second-order valence-corrected chi connectivity index (χ2v) is 5.47. The summed E-state index contributed by atoms with van der Waals surface area (Å²) < 4.78 is 2.06. The van der Waals surface area contributed by atoms with Gasteiger partial charge in [0.05, 0.1) is 5.69 Å². The second kappa shape index (κ2) is 4.28. The van der Waals surface area contributed by atoms with Gasteiger partial charge in [-0.25, -0.2) is 4.98 Å². The molecule has 96 valence electrons. The molecule has 2 aromatic rings. The number of hydrogen-bond acceptors (Lipinski definition) is 3. The zero-order valence-electron chi connectivity index (χ0n) is 11.0. The first kappa shape index (κ1) is 11.5. The fourth-order valence-corrected chi connectivity index (χ4v) is 2.71. The van der Waals surface area contributed by atoms with Crippen LogP contribution in [0.25, 0.3) is 5.65 Å². The molecule has 0 saturated carbocycles. The number of pyridine rings is 1. The summed E-state index contributed by atoms with van der Waals surface area (Å²) in [5, 5.41) is 0. The van der Waals surface area contributed by atoms with Crippen molar-refractivity contribution in [3.8, 4) is 0 Å². The number of likely N-dealkylation sites (tertiary alicyclic amines) is 1. The van der Waals surface area contributed by atoms with Crippen molar-refractivity contribution >= 4 is 11.3 Å². The Morgan fingerprint density at radius 1 is 1.44 bits per heavy atom. The lowest BCUT2D eigenvalue weighted by Crippen LogP contribution is -2.27. The average molecular weight is 244 g/mol. The predicted molar refractivity (Wildman–Crippen MR) is 73.7 cm³/mol. The molecule has 4 heteroatoms. The fourth-order valence-electron chi connectivity index (χ4n) is 2.71. The average Bonchev–Trinajstić information content (AvgIpc) is 2.93. The van der Waals surface area contributed by atoms with Gasteiger partial charge in [-0.1, -0.05) is 0 Å². The monoisotopic (exact) mass is 244 g/mol. The third-order valence-corrected chi connectivity index (χ3v) is 3.87. The molecular weight excluding hydrogens is 224 g/mol. The molecule has 3 heterocycles. The Morgan fingerprint density at radius 2 is 2.28 bits per heavy atom. The normalized spacial score (nSPS) is 21.2. The number of aromatic nitrogens is 2. The van der Waals surface area contributed by atoms with E-state index in [0.29, 0.717) is 12.0 Å². The van der Waals surface area contributed by atoms with Crippen molar-refractivity contribution in [2.75, 3.05) is 18.8 Å². The quantitative estimate of drug-likeness (QED) is 0.880. The Morgan fingerprint density at radius 3 is 3.00 bits per heavy atom.